The molecule has 3 heterocycles. The van der Waals surface area contributed by atoms with Gasteiger partial charge in [0.05, 0.1) is 30.2 Å². The number of pyridine rings is 1. The van der Waals surface area contributed by atoms with Crippen LogP contribution in [0, 0.1) is 24.7 Å². The molecule has 0 bridgehead atoms. The first-order valence-corrected chi connectivity index (χ1v) is 17.1. The van der Waals surface area contributed by atoms with Gasteiger partial charge in [0.15, 0.2) is 0 Å². The summed E-state index contributed by atoms with van der Waals surface area (Å²) >= 11 is 1.53. The highest BCUT2D eigenvalue weighted by Gasteiger charge is 2.61. The smallest absolute Gasteiger partial charge is 0.330 e. The van der Waals surface area contributed by atoms with Crippen molar-refractivity contribution in [2.75, 3.05) is 13.7 Å². The number of carbonyl (C=O) groups excluding carboxylic acids is 2. The van der Waals surface area contributed by atoms with Crippen molar-refractivity contribution >= 4 is 40.0 Å². The van der Waals surface area contributed by atoms with Gasteiger partial charge in [-0.25, -0.2) is 14.8 Å². The van der Waals surface area contributed by atoms with Crippen LogP contribution in [0.3, 0.4) is 0 Å². The lowest BCUT2D eigenvalue weighted by molar-refractivity contribution is -0.144. The van der Waals surface area contributed by atoms with Gasteiger partial charge < -0.3 is 25.2 Å². The fraction of sp³-hybridized carbons (Fsp3) is 0.514. The molecule has 2 saturated carbocycles. The SMILES string of the molecule is COc1ccc2c(O[C@H]3C[C@H]4C(=O)NCCCCC/C=C\[C@@H]5C[C@@]5(C(=O)O)NC(=O)[C@@H]4C3)cc(-c3nc(C(C)C)cs3)nc2c1C. The van der Waals surface area contributed by atoms with Gasteiger partial charge in [0, 0.05) is 34.9 Å². The maximum Gasteiger partial charge on any atom is 0.330 e. The summed E-state index contributed by atoms with van der Waals surface area (Å²) in [6.45, 7) is 6.69. The lowest BCUT2D eigenvalue weighted by atomic mass is 9.93. The number of carboxylic acids is 1. The van der Waals surface area contributed by atoms with E-state index < -0.39 is 35.4 Å². The highest BCUT2D eigenvalue weighted by Crippen LogP contribution is 2.47. The van der Waals surface area contributed by atoms with Gasteiger partial charge >= 0.3 is 5.97 Å². The van der Waals surface area contributed by atoms with E-state index in [4.69, 9.17) is 19.4 Å². The van der Waals surface area contributed by atoms with E-state index in [1.54, 1.807) is 7.11 Å². The minimum Gasteiger partial charge on any atom is -0.496 e. The van der Waals surface area contributed by atoms with Crippen LogP contribution in [0.1, 0.15) is 76.0 Å². The molecule has 1 aromatic carbocycles. The lowest BCUT2D eigenvalue weighted by Crippen LogP contribution is -2.49. The fourth-order valence-electron chi connectivity index (χ4n) is 6.77. The third-order valence-electron chi connectivity index (χ3n) is 9.64. The number of rotatable bonds is 6. The molecule has 5 atom stereocenters. The van der Waals surface area contributed by atoms with Crippen LogP contribution < -0.4 is 20.1 Å². The van der Waals surface area contributed by atoms with E-state index in [9.17, 15) is 19.5 Å². The normalized spacial score (nSPS) is 27.5. The molecule has 3 aromatic rings. The number of nitrogens with one attached hydrogen (secondary N) is 2. The van der Waals surface area contributed by atoms with Gasteiger partial charge in [-0.2, -0.15) is 0 Å². The number of benzene rings is 1. The summed E-state index contributed by atoms with van der Waals surface area (Å²) in [5.74, 6) is -1.70. The minimum absolute atomic E-state index is 0.194. The van der Waals surface area contributed by atoms with Crippen LogP contribution >= 0.6 is 11.3 Å². The number of methoxy groups -OCH3 is 1. The van der Waals surface area contributed by atoms with Gasteiger partial charge in [0.2, 0.25) is 11.8 Å². The number of carbonyl (C=O) groups is 3. The molecule has 244 valence electrons. The van der Waals surface area contributed by atoms with Crippen LogP contribution in [0.4, 0.5) is 0 Å². The van der Waals surface area contributed by atoms with Gasteiger partial charge in [-0.05, 0) is 63.5 Å². The number of amides is 2. The van der Waals surface area contributed by atoms with Crippen molar-refractivity contribution in [3.8, 4) is 22.2 Å². The summed E-state index contributed by atoms with van der Waals surface area (Å²) in [6, 6.07) is 5.69. The Morgan fingerprint density at radius 3 is 2.59 bits per heavy atom. The average molecular weight is 647 g/mol. The average Bonchev–Trinajstić information content (AvgIpc) is 3.33. The first-order valence-electron chi connectivity index (χ1n) is 16.2. The van der Waals surface area contributed by atoms with Crippen LogP contribution in [0.2, 0.25) is 0 Å². The maximum absolute atomic E-state index is 13.8. The number of hydrogen-bond acceptors (Lipinski definition) is 8. The summed E-state index contributed by atoms with van der Waals surface area (Å²) in [5, 5.41) is 19.6. The van der Waals surface area contributed by atoms with Crippen molar-refractivity contribution in [3.63, 3.8) is 0 Å². The molecule has 6 rings (SSSR count). The predicted octanol–water partition coefficient (Wildman–Crippen LogP) is 5.78. The number of thiazole rings is 1. The molecule has 2 amide bonds. The molecule has 1 aliphatic heterocycles. The first kappa shape index (κ1) is 32.0. The molecule has 3 N–H and O–H groups in total. The zero-order valence-corrected chi connectivity index (χ0v) is 27.6. The zero-order chi connectivity index (χ0) is 32.6. The summed E-state index contributed by atoms with van der Waals surface area (Å²) < 4.78 is 12.3. The third kappa shape index (κ3) is 6.21. The molecular formula is C35H42N4O6S. The monoisotopic (exact) mass is 646 g/mol. The van der Waals surface area contributed by atoms with E-state index >= 15 is 0 Å². The molecule has 3 aliphatic rings. The second-order valence-corrected chi connectivity index (χ2v) is 14.0. The number of hydrogen-bond donors (Lipinski definition) is 3. The Balaban J connectivity index is 1.33. The third-order valence-corrected chi connectivity index (χ3v) is 10.5. The molecule has 0 spiro atoms. The number of aromatic nitrogens is 2. The van der Waals surface area contributed by atoms with Crippen LogP contribution in [0.25, 0.3) is 21.6 Å². The Bertz CT molecular complexity index is 1680. The molecular weight excluding hydrogens is 604 g/mol. The topological polar surface area (TPSA) is 140 Å². The van der Waals surface area contributed by atoms with Crippen molar-refractivity contribution in [2.24, 2.45) is 17.8 Å². The maximum atomic E-state index is 13.8. The van der Waals surface area contributed by atoms with E-state index in [1.807, 2.05) is 42.7 Å². The summed E-state index contributed by atoms with van der Waals surface area (Å²) in [7, 11) is 1.63. The lowest BCUT2D eigenvalue weighted by Gasteiger charge is -2.21. The van der Waals surface area contributed by atoms with E-state index in [-0.39, 0.29) is 24.2 Å². The molecule has 10 nitrogen and oxygen atoms in total. The predicted molar refractivity (Wildman–Crippen MR) is 176 cm³/mol. The number of aryl methyl sites for hydroxylation is 1. The largest absolute Gasteiger partial charge is 0.496 e. The van der Waals surface area contributed by atoms with E-state index in [0.29, 0.717) is 36.6 Å². The molecule has 46 heavy (non-hydrogen) atoms. The minimum atomic E-state index is -1.33. The summed E-state index contributed by atoms with van der Waals surface area (Å²) in [6.07, 6.45) is 8.04. The van der Waals surface area contributed by atoms with E-state index in [0.717, 1.165) is 52.9 Å². The van der Waals surface area contributed by atoms with Crippen LogP contribution in [-0.2, 0) is 14.4 Å². The number of aliphatic carboxylic acids is 1. The Kier molecular flexibility index (Phi) is 9.05. The van der Waals surface area contributed by atoms with Gasteiger partial charge in [-0.1, -0.05) is 32.4 Å². The van der Waals surface area contributed by atoms with Crippen molar-refractivity contribution in [1.82, 2.24) is 20.6 Å². The van der Waals surface area contributed by atoms with Crippen molar-refractivity contribution < 1.29 is 29.0 Å². The van der Waals surface area contributed by atoms with Gasteiger partial charge in [-0.15, -0.1) is 11.3 Å². The molecule has 0 saturated heterocycles. The Morgan fingerprint density at radius 1 is 1.09 bits per heavy atom. The zero-order valence-electron chi connectivity index (χ0n) is 26.8. The van der Waals surface area contributed by atoms with Gasteiger partial charge in [0.25, 0.3) is 0 Å². The van der Waals surface area contributed by atoms with Crippen molar-refractivity contribution in [3.05, 3.63) is 47.0 Å². The molecule has 2 fully saturated rings. The van der Waals surface area contributed by atoms with Crippen molar-refractivity contribution in [2.45, 2.75) is 83.3 Å². The molecule has 2 aromatic heterocycles. The molecule has 2 aliphatic carbocycles. The van der Waals surface area contributed by atoms with E-state index in [2.05, 4.69) is 24.5 Å². The number of fused-ring (bicyclic) bond motifs is 3. The first-order chi connectivity index (χ1) is 22.1. The van der Waals surface area contributed by atoms with Crippen LogP contribution in [-0.4, -0.2) is 58.2 Å². The molecule has 11 heteroatoms. The van der Waals surface area contributed by atoms with Gasteiger partial charge in [0.1, 0.15) is 33.8 Å². The number of ether oxygens (including phenoxy) is 2. The van der Waals surface area contributed by atoms with E-state index in [1.165, 1.54) is 11.3 Å². The summed E-state index contributed by atoms with van der Waals surface area (Å²) in [5.41, 5.74) is 1.93. The number of nitrogens with zero attached hydrogens (tertiary/aromatic N) is 2. The van der Waals surface area contributed by atoms with Crippen LogP contribution in [0.15, 0.2) is 35.7 Å². The fourth-order valence-corrected chi connectivity index (χ4v) is 7.71. The Morgan fingerprint density at radius 2 is 1.87 bits per heavy atom. The second kappa shape index (κ2) is 13.0. The number of carboxylic acid groups (broad SMARTS) is 1. The summed E-state index contributed by atoms with van der Waals surface area (Å²) in [4.78, 5) is 49.4. The molecule has 0 radical (unpaired) electrons. The standard InChI is InChI=1S/C35H42N4O6S/c1-19(2)27-18-46-33(38-27)26-16-29(23-11-12-28(44-4)20(3)30(23)37-26)45-22-14-24-25(15-22)32(41)39-35(34(42)43)17-21(35)10-8-6-5-7-9-13-36-31(24)40/h8,10-12,16,18-19,21-22,24-25H,5-7,9,13-15,17H2,1-4H3,(H,36,40)(H,39,41)(H,42,43)/b10-8-/t21-,22+,24-,25-,35-/m1/s1. The quantitative estimate of drug-likeness (QED) is 0.287. The van der Waals surface area contributed by atoms with Gasteiger partial charge in [-0.3, -0.25) is 9.59 Å². The Hall–Kier alpha value is -3.99. The van der Waals surface area contributed by atoms with Crippen LogP contribution in [0.5, 0.6) is 11.5 Å². The Labute approximate surface area is 273 Å². The van der Waals surface area contributed by atoms with Crippen molar-refractivity contribution in [1.29, 1.82) is 0 Å². The second-order valence-electron chi connectivity index (χ2n) is 13.1. The number of allylic oxidation sites excluding steroid dienone is 1. The molecule has 0 unspecified atom stereocenters. The highest BCUT2D eigenvalue weighted by molar-refractivity contribution is 7.13. The highest BCUT2D eigenvalue weighted by atomic mass is 32.1.